The van der Waals surface area contributed by atoms with Gasteiger partial charge in [0.1, 0.15) is 12.4 Å². The second-order valence-corrected chi connectivity index (χ2v) is 10.8. The fourth-order valence-electron chi connectivity index (χ4n) is 4.83. The van der Waals surface area contributed by atoms with Crippen LogP contribution in [0.3, 0.4) is 0 Å². The zero-order chi connectivity index (χ0) is 32.4. The van der Waals surface area contributed by atoms with Crippen molar-refractivity contribution in [2.75, 3.05) is 27.3 Å². The average Bonchev–Trinajstić information content (AvgIpc) is 3.09. The molecule has 0 radical (unpaired) electrons. The summed E-state index contributed by atoms with van der Waals surface area (Å²) in [6.07, 6.45) is 2.86. The van der Waals surface area contributed by atoms with Crippen molar-refractivity contribution in [3.63, 3.8) is 0 Å². The van der Waals surface area contributed by atoms with Gasteiger partial charge in [-0.3, -0.25) is 9.69 Å². The average molecular weight is 630 g/mol. The highest BCUT2D eigenvalue weighted by Gasteiger charge is 2.12. The molecule has 0 saturated heterocycles. The first-order chi connectivity index (χ1) is 21.9. The molecular weight excluding hydrogens is 586 g/mol. The van der Waals surface area contributed by atoms with Crippen LogP contribution in [0, 0.1) is 0 Å². The Morgan fingerprint density at radius 3 is 1.98 bits per heavy atom. The van der Waals surface area contributed by atoms with E-state index in [1.807, 2.05) is 68.4 Å². The van der Waals surface area contributed by atoms with Gasteiger partial charge in [0.05, 0.1) is 19.8 Å². The van der Waals surface area contributed by atoms with E-state index in [1.165, 1.54) is 14.2 Å². The molecule has 0 atom stereocenters. The van der Waals surface area contributed by atoms with Crippen LogP contribution >= 0.6 is 11.6 Å². The Hall–Kier alpha value is -4.13. The zero-order valence-corrected chi connectivity index (χ0v) is 27.5. The van der Waals surface area contributed by atoms with E-state index in [9.17, 15) is 9.59 Å². The lowest BCUT2D eigenvalue weighted by atomic mass is 10.0. The standard InChI is InChI=1S/C36H38ClNO5.C2H6/c1-41-35(39)9-5-6-23-38(25-27-10-16-32(17-11-27)36(40)42-2)24-22-31-7-3-4-8-34(31)43-26-28-12-14-29(15-13-28)30-18-20-33(37)21-19-30;1-2/h3-4,7-8,10-21H,5-6,9,22-26H2,1-2H3;1-2H3. The first-order valence-corrected chi connectivity index (χ1v) is 15.8. The quantitative estimate of drug-likeness (QED) is 0.0967. The summed E-state index contributed by atoms with van der Waals surface area (Å²) in [4.78, 5) is 25.8. The molecule has 0 aliphatic rings. The molecule has 4 aromatic carbocycles. The second-order valence-electron chi connectivity index (χ2n) is 10.3. The van der Waals surface area contributed by atoms with E-state index in [2.05, 4.69) is 35.2 Å². The number of esters is 2. The number of carbonyl (C=O) groups excluding carboxylic acids is 2. The van der Waals surface area contributed by atoms with Crippen LogP contribution < -0.4 is 4.74 Å². The highest BCUT2D eigenvalue weighted by atomic mass is 35.5. The largest absolute Gasteiger partial charge is 0.489 e. The summed E-state index contributed by atoms with van der Waals surface area (Å²) in [6.45, 7) is 6.84. The maximum Gasteiger partial charge on any atom is 0.337 e. The summed E-state index contributed by atoms with van der Waals surface area (Å²) in [7, 11) is 2.80. The Balaban J connectivity index is 0.00000271. The van der Waals surface area contributed by atoms with Crippen molar-refractivity contribution >= 4 is 23.5 Å². The molecule has 0 aromatic heterocycles. The number of nitrogens with zero attached hydrogens (tertiary/aromatic N) is 1. The summed E-state index contributed by atoms with van der Waals surface area (Å²) >= 11 is 6.03. The number of hydrogen-bond donors (Lipinski definition) is 0. The summed E-state index contributed by atoms with van der Waals surface area (Å²) in [5.74, 6) is 0.341. The molecule has 45 heavy (non-hydrogen) atoms. The van der Waals surface area contributed by atoms with Crippen molar-refractivity contribution in [3.8, 4) is 16.9 Å². The van der Waals surface area contributed by atoms with Crippen LogP contribution in [0.1, 0.15) is 60.2 Å². The lowest BCUT2D eigenvalue weighted by Crippen LogP contribution is -2.27. The number of unbranched alkanes of at least 4 members (excludes halogenated alkanes) is 1. The molecule has 4 rings (SSSR count). The van der Waals surface area contributed by atoms with Gasteiger partial charge in [0.2, 0.25) is 0 Å². The van der Waals surface area contributed by atoms with Gasteiger partial charge in [0.15, 0.2) is 0 Å². The Bertz CT molecular complexity index is 1450. The van der Waals surface area contributed by atoms with Crippen LogP contribution in [-0.2, 0) is 33.8 Å². The van der Waals surface area contributed by atoms with Gasteiger partial charge >= 0.3 is 11.9 Å². The van der Waals surface area contributed by atoms with Crippen molar-refractivity contribution in [1.82, 2.24) is 4.90 Å². The van der Waals surface area contributed by atoms with Gasteiger partial charge < -0.3 is 14.2 Å². The van der Waals surface area contributed by atoms with E-state index < -0.39 is 0 Å². The van der Waals surface area contributed by atoms with E-state index in [4.69, 9.17) is 25.8 Å². The normalized spacial score (nSPS) is 10.5. The minimum Gasteiger partial charge on any atom is -0.489 e. The predicted molar refractivity (Wildman–Crippen MR) is 182 cm³/mol. The number of ether oxygens (including phenoxy) is 3. The Morgan fingerprint density at radius 1 is 0.711 bits per heavy atom. The number of rotatable bonds is 15. The molecule has 0 saturated carbocycles. The highest BCUT2D eigenvalue weighted by Crippen LogP contribution is 2.24. The van der Waals surface area contributed by atoms with Crippen LogP contribution in [0.25, 0.3) is 11.1 Å². The molecule has 6 nitrogen and oxygen atoms in total. The van der Waals surface area contributed by atoms with Gasteiger partial charge in [-0.25, -0.2) is 4.79 Å². The van der Waals surface area contributed by atoms with Crippen LogP contribution in [0.5, 0.6) is 5.75 Å². The first-order valence-electron chi connectivity index (χ1n) is 15.5. The summed E-state index contributed by atoms with van der Waals surface area (Å²) in [6, 6.07) is 31.9. The molecule has 0 heterocycles. The van der Waals surface area contributed by atoms with E-state index >= 15 is 0 Å². The summed E-state index contributed by atoms with van der Waals surface area (Å²) in [5, 5.41) is 0.725. The topological polar surface area (TPSA) is 65.1 Å². The van der Waals surface area contributed by atoms with E-state index in [0.717, 1.165) is 77.5 Å². The second kappa shape index (κ2) is 19.3. The molecule has 0 amide bonds. The summed E-state index contributed by atoms with van der Waals surface area (Å²) < 4.78 is 15.9. The van der Waals surface area contributed by atoms with E-state index in [1.54, 1.807) is 12.1 Å². The smallest absolute Gasteiger partial charge is 0.337 e. The Labute approximate surface area is 272 Å². The number of para-hydroxylation sites is 1. The summed E-state index contributed by atoms with van der Waals surface area (Å²) in [5.41, 5.74) is 6.12. The van der Waals surface area contributed by atoms with Crippen molar-refractivity contribution in [2.24, 2.45) is 0 Å². The third-order valence-corrected chi connectivity index (χ3v) is 7.56. The van der Waals surface area contributed by atoms with Crippen molar-refractivity contribution in [3.05, 3.63) is 124 Å². The molecule has 4 aromatic rings. The molecule has 0 aliphatic heterocycles. The Kier molecular flexibility index (Phi) is 15.2. The zero-order valence-electron chi connectivity index (χ0n) is 26.8. The molecule has 0 fully saturated rings. The van der Waals surface area contributed by atoms with Crippen molar-refractivity contribution in [2.45, 2.75) is 52.7 Å². The number of carbonyl (C=O) groups is 2. The number of methoxy groups -OCH3 is 2. The number of hydrogen-bond acceptors (Lipinski definition) is 6. The third kappa shape index (κ3) is 11.7. The van der Waals surface area contributed by atoms with Gasteiger partial charge in [0.25, 0.3) is 0 Å². The van der Waals surface area contributed by atoms with Gasteiger partial charge in [-0.2, -0.15) is 0 Å². The van der Waals surface area contributed by atoms with Gasteiger partial charge in [0, 0.05) is 24.5 Å². The molecule has 0 spiro atoms. The minimum absolute atomic E-state index is 0.185. The molecule has 238 valence electrons. The monoisotopic (exact) mass is 629 g/mol. The minimum atomic E-state index is -0.347. The fourth-order valence-corrected chi connectivity index (χ4v) is 4.95. The van der Waals surface area contributed by atoms with Crippen molar-refractivity contribution < 1.29 is 23.8 Å². The lowest BCUT2D eigenvalue weighted by Gasteiger charge is -2.23. The maximum absolute atomic E-state index is 11.8. The van der Waals surface area contributed by atoms with Crippen LogP contribution in [0.4, 0.5) is 0 Å². The maximum atomic E-state index is 11.8. The highest BCUT2D eigenvalue weighted by molar-refractivity contribution is 6.30. The van der Waals surface area contributed by atoms with Crippen LogP contribution in [0.15, 0.2) is 97.1 Å². The molecule has 0 unspecified atom stereocenters. The number of benzene rings is 4. The molecule has 0 aliphatic carbocycles. The third-order valence-electron chi connectivity index (χ3n) is 7.31. The van der Waals surface area contributed by atoms with Gasteiger partial charge in [-0.05, 0) is 84.0 Å². The van der Waals surface area contributed by atoms with Crippen LogP contribution in [-0.4, -0.2) is 44.1 Å². The Morgan fingerprint density at radius 2 is 1.33 bits per heavy atom. The van der Waals surface area contributed by atoms with E-state index in [0.29, 0.717) is 18.6 Å². The predicted octanol–water partition coefficient (Wildman–Crippen LogP) is 8.79. The molecule has 0 N–H and O–H groups in total. The van der Waals surface area contributed by atoms with Crippen LogP contribution in [0.2, 0.25) is 5.02 Å². The molecular formula is C38H44ClNO5. The van der Waals surface area contributed by atoms with Gasteiger partial charge in [-0.1, -0.05) is 92.2 Å². The van der Waals surface area contributed by atoms with E-state index in [-0.39, 0.29) is 11.9 Å². The molecule has 7 heteroatoms. The SMILES string of the molecule is CC.COC(=O)CCCCN(CCc1ccccc1OCc1ccc(-c2ccc(Cl)cc2)cc1)Cc1ccc(C(=O)OC)cc1. The number of halogens is 1. The lowest BCUT2D eigenvalue weighted by molar-refractivity contribution is -0.140. The fraction of sp³-hybridized carbons (Fsp3) is 0.316. The van der Waals surface area contributed by atoms with Gasteiger partial charge in [-0.15, -0.1) is 0 Å². The first kappa shape index (κ1) is 35.4. The van der Waals surface area contributed by atoms with Crippen molar-refractivity contribution in [1.29, 1.82) is 0 Å². The molecule has 0 bridgehead atoms.